The number of aromatic nitrogens is 1. The van der Waals surface area contributed by atoms with E-state index in [-0.39, 0.29) is 17.1 Å². The summed E-state index contributed by atoms with van der Waals surface area (Å²) in [6.45, 7) is 1.37. The molecule has 0 spiro atoms. The molecule has 1 aromatic heterocycles. The van der Waals surface area contributed by atoms with Crippen molar-refractivity contribution >= 4 is 5.78 Å². The predicted molar refractivity (Wildman–Crippen MR) is 42.5 cm³/mol. The van der Waals surface area contributed by atoms with Gasteiger partial charge < -0.3 is 9.84 Å². The van der Waals surface area contributed by atoms with Crippen LogP contribution in [-0.4, -0.2) is 23.0 Å². The molecule has 0 bridgehead atoms. The lowest BCUT2D eigenvalue weighted by atomic mass is 10.2. The van der Waals surface area contributed by atoms with E-state index >= 15 is 0 Å². The number of Topliss-reactive ketones (excluding diaryl/α,β-unsaturated/α-hetero) is 1. The summed E-state index contributed by atoms with van der Waals surface area (Å²) in [6.07, 6.45) is 1.19. The smallest absolute Gasteiger partial charge is 0.213 e. The molecule has 0 atom stereocenters. The third-order valence-electron chi connectivity index (χ3n) is 1.45. The van der Waals surface area contributed by atoms with Gasteiger partial charge in [0.1, 0.15) is 5.75 Å². The van der Waals surface area contributed by atoms with Crippen LogP contribution in [0, 0.1) is 0 Å². The molecule has 0 aliphatic heterocycles. The highest BCUT2D eigenvalue weighted by molar-refractivity contribution is 5.96. The third kappa shape index (κ3) is 1.53. The van der Waals surface area contributed by atoms with Crippen molar-refractivity contribution in [3.8, 4) is 11.6 Å². The number of hydrogen-bond acceptors (Lipinski definition) is 4. The third-order valence-corrected chi connectivity index (χ3v) is 1.45. The molecule has 64 valence electrons. The monoisotopic (exact) mass is 167 g/mol. The molecule has 0 amide bonds. The highest BCUT2D eigenvalue weighted by Crippen LogP contribution is 2.19. The van der Waals surface area contributed by atoms with Gasteiger partial charge in [-0.1, -0.05) is 0 Å². The fourth-order valence-corrected chi connectivity index (χ4v) is 0.823. The van der Waals surface area contributed by atoms with E-state index in [1.54, 1.807) is 0 Å². The van der Waals surface area contributed by atoms with Crippen LogP contribution in [0.15, 0.2) is 12.3 Å². The number of rotatable bonds is 2. The van der Waals surface area contributed by atoms with Crippen LogP contribution in [0.3, 0.4) is 0 Å². The van der Waals surface area contributed by atoms with Gasteiger partial charge in [-0.3, -0.25) is 4.79 Å². The summed E-state index contributed by atoms with van der Waals surface area (Å²) in [5.41, 5.74) is 0.224. The minimum Gasteiger partial charge on any atom is -0.506 e. The number of hydrogen-bond donors (Lipinski definition) is 1. The first-order chi connectivity index (χ1) is 5.65. The molecule has 0 aliphatic rings. The molecule has 0 saturated carbocycles. The van der Waals surface area contributed by atoms with Crippen LogP contribution >= 0.6 is 0 Å². The fraction of sp³-hybridized carbons (Fsp3) is 0.250. The number of carbonyl (C=O) groups excluding carboxylic acids is 1. The SMILES string of the molecule is COc1cc(C(C)=O)c(O)cn1. The summed E-state index contributed by atoms with van der Waals surface area (Å²) in [5.74, 6) is -0.0190. The number of aromatic hydroxyl groups is 1. The lowest BCUT2D eigenvalue weighted by molar-refractivity contribution is 0.101. The molecule has 4 nitrogen and oxygen atoms in total. The maximum absolute atomic E-state index is 10.9. The van der Waals surface area contributed by atoms with Crippen molar-refractivity contribution in [3.05, 3.63) is 17.8 Å². The zero-order valence-electron chi connectivity index (χ0n) is 6.87. The number of methoxy groups -OCH3 is 1. The second kappa shape index (κ2) is 3.21. The zero-order valence-corrected chi connectivity index (χ0v) is 6.87. The number of pyridine rings is 1. The molecular formula is C8H9NO3. The lowest BCUT2D eigenvalue weighted by Crippen LogP contribution is -1.95. The summed E-state index contributed by atoms with van der Waals surface area (Å²) in [4.78, 5) is 14.6. The van der Waals surface area contributed by atoms with E-state index in [1.807, 2.05) is 0 Å². The van der Waals surface area contributed by atoms with Gasteiger partial charge in [0.05, 0.1) is 18.9 Å². The van der Waals surface area contributed by atoms with Gasteiger partial charge in [-0.15, -0.1) is 0 Å². The Balaban J connectivity index is 3.17. The number of ether oxygens (including phenoxy) is 1. The Morgan fingerprint density at radius 1 is 1.67 bits per heavy atom. The molecule has 4 heteroatoms. The van der Waals surface area contributed by atoms with Crippen molar-refractivity contribution in [1.82, 2.24) is 4.98 Å². The van der Waals surface area contributed by atoms with Crippen LogP contribution in [0.1, 0.15) is 17.3 Å². The van der Waals surface area contributed by atoms with Crippen LogP contribution in [0.5, 0.6) is 11.6 Å². The summed E-state index contributed by atoms with van der Waals surface area (Å²) < 4.78 is 4.79. The van der Waals surface area contributed by atoms with Crippen molar-refractivity contribution in [2.45, 2.75) is 6.92 Å². The molecule has 1 heterocycles. The quantitative estimate of drug-likeness (QED) is 0.667. The average Bonchev–Trinajstić information content (AvgIpc) is 2.05. The van der Waals surface area contributed by atoms with Crippen molar-refractivity contribution in [2.75, 3.05) is 7.11 Å². The minimum absolute atomic E-state index is 0.122. The molecule has 0 unspecified atom stereocenters. The van der Waals surface area contributed by atoms with Crippen molar-refractivity contribution < 1.29 is 14.6 Å². The molecule has 0 saturated heterocycles. The molecule has 0 radical (unpaired) electrons. The maximum atomic E-state index is 10.9. The van der Waals surface area contributed by atoms with Gasteiger partial charge in [-0.25, -0.2) is 4.98 Å². The lowest BCUT2D eigenvalue weighted by Gasteiger charge is -2.02. The molecule has 0 aliphatic carbocycles. The molecule has 12 heavy (non-hydrogen) atoms. The molecule has 0 fully saturated rings. The molecule has 1 aromatic rings. The van der Waals surface area contributed by atoms with Gasteiger partial charge in [0.15, 0.2) is 5.78 Å². The summed E-state index contributed by atoms with van der Waals surface area (Å²) in [6, 6.07) is 1.40. The van der Waals surface area contributed by atoms with Gasteiger partial charge in [-0.2, -0.15) is 0 Å². The van der Waals surface area contributed by atoms with Gasteiger partial charge >= 0.3 is 0 Å². The second-order valence-corrected chi connectivity index (χ2v) is 2.30. The molecule has 1 rings (SSSR count). The van der Waals surface area contributed by atoms with E-state index in [0.717, 1.165) is 0 Å². The van der Waals surface area contributed by atoms with Gasteiger partial charge in [0.2, 0.25) is 5.88 Å². The summed E-state index contributed by atoms with van der Waals surface area (Å²) >= 11 is 0. The molecule has 0 aromatic carbocycles. The summed E-state index contributed by atoms with van der Waals surface area (Å²) in [7, 11) is 1.45. The Morgan fingerprint density at radius 2 is 2.33 bits per heavy atom. The summed E-state index contributed by atoms with van der Waals surface area (Å²) in [5, 5.41) is 9.16. The maximum Gasteiger partial charge on any atom is 0.213 e. The highest BCUT2D eigenvalue weighted by atomic mass is 16.5. The normalized spacial score (nSPS) is 9.50. The van der Waals surface area contributed by atoms with Crippen molar-refractivity contribution in [1.29, 1.82) is 0 Å². The first-order valence-corrected chi connectivity index (χ1v) is 3.39. The number of nitrogens with zero attached hydrogens (tertiary/aromatic N) is 1. The topological polar surface area (TPSA) is 59.4 Å². The van der Waals surface area contributed by atoms with E-state index in [9.17, 15) is 4.79 Å². The highest BCUT2D eigenvalue weighted by Gasteiger charge is 2.07. The van der Waals surface area contributed by atoms with Crippen LogP contribution in [0.25, 0.3) is 0 Å². The molecule has 1 N–H and O–H groups in total. The predicted octanol–water partition coefficient (Wildman–Crippen LogP) is 0.998. The average molecular weight is 167 g/mol. The Hall–Kier alpha value is -1.58. The fourth-order valence-electron chi connectivity index (χ4n) is 0.823. The van der Waals surface area contributed by atoms with E-state index in [0.29, 0.717) is 5.88 Å². The second-order valence-electron chi connectivity index (χ2n) is 2.30. The van der Waals surface area contributed by atoms with Gasteiger partial charge in [-0.05, 0) is 6.92 Å². The van der Waals surface area contributed by atoms with Crippen LogP contribution < -0.4 is 4.74 Å². The largest absolute Gasteiger partial charge is 0.506 e. The van der Waals surface area contributed by atoms with Gasteiger partial charge in [0.25, 0.3) is 0 Å². The van der Waals surface area contributed by atoms with Crippen molar-refractivity contribution in [3.63, 3.8) is 0 Å². The Morgan fingerprint density at radius 3 is 2.83 bits per heavy atom. The first-order valence-electron chi connectivity index (χ1n) is 3.39. The van der Waals surface area contributed by atoms with E-state index < -0.39 is 0 Å². The Kier molecular flexibility index (Phi) is 2.28. The van der Waals surface area contributed by atoms with E-state index in [1.165, 1.54) is 26.3 Å². The zero-order chi connectivity index (χ0) is 9.14. The standard InChI is InChI=1S/C8H9NO3/c1-5(10)6-3-8(12-2)9-4-7(6)11/h3-4,11H,1-2H3. The van der Waals surface area contributed by atoms with Crippen LogP contribution in [0.4, 0.5) is 0 Å². The molecular weight excluding hydrogens is 158 g/mol. The Bertz CT molecular complexity index is 309. The minimum atomic E-state index is -0.215. The van der Waals surface area contributed by atoms with Crippen LogP contribution in [0.2, 0.25) is 0 Å². The number of carbonyl (C=O) groups is 1. The Labute approximate surface area is 69.8 Å². The van der Waals surface area contributed by atoms with Crippen molar-refractivity contribution in [2.24, 2.45) is 0 Å². The van der Waals surface area contributed by atoms with Crippen LogP contribution in [-0.2, 0) is 0 Å². The van der Waals surface area contributed by atoms with E-state index in [4.69, 9.17) is 9.84 Å². The number of ketones is 1. The first kappa shape index (κ1) is 8.52. The van der Waals surface area contributed by atoms with Gasteiger partial charge in [0, 0.05) is 6.07 Å². The van der Waals surface area contributed by atoms with E-state index in [2.05, 4.69) is 4.98 Å².